The molecule has 1 aliphatic carbocycles. The van der Waals surface area contributed by atoms with Crippen molar-refractivity contribution in [3.8, 4) is 0 Å². The van der Waals surface area contributed by atoms with Crippen LogP contribution in [0.2, 0.25) is 0 Å². The van der Waals surface area contributed by atoms with Gasteiger partial charge in [0.25, 0.3) is 0 Å². The highest BCUT2D eigenvalue weighted by Crippen LogP contribution is 2.55. The lowest BCUT2D eigenvalue weighted by molar-refractivity contribution is -0.137. The van der Waals surface area contributed by atoms with Crippen LogP contribution in [0.25, 0.3) is 0 Å². The van der Waals surface area contributed by atoms with Gasteiger partial charge in [-0.3, -0.25) is 14.6 Å². The zero-order valence-corrected chi connectivity index (χ0v) is 17.7. The number of allylic oxidation sites excluding steroid dienone is 2. The number of methoxy groups -OCH3 is 1. The minimum atomic E-state index is -1.33. The van der Waals surface area contributed by atoms with Crippen LogP contribution in [0, 0.1) is 5.92 Å². The molecule has 0 aromatic carbocycles. The Hall–Kier alpha value is -3.28. The topological polar surface area (TPSA) is 177 Å². The molecule has 32 heavy (non-hydrogen) atoms. The Morgan fingerprint density at radius 2 is 2.16 bits per heavy atom. The number of fused-ring (bicyclic) bond motifs is 4. The Balaban J connectivity index is 0.000000567. The lowest BCUT2D eigenvalue weighted by Crippen LogP contribution is -2.54. The highest BCUT2D eigenvalue weighted by Gasteiger charge is 2.72. The van der Waals surface area contributed by atoms with Crippen LogP contribution in [0.5, 0.6) is 0 Å². The van der Waals surface area contributed by atoms with E-state index in [0.717, 1.165) is 5.56 Å². The second kappa shape index (κ2) is 8.01. The lowest BCUT2D eigenvalue weighted by atomic mass is 9.82. The van der Waals surface area contributed by atoms with E-state index in [-0.39, 0.29) is 30.3 Å². The minimum Gasteiger partial charge on any atom is -0.465 e. The molecule has 0 saturated carbocycles. The van der Waals surface area contributed by atoms with E-state index in [0.29, 0.717) is 35.6 Å². The van der Waals surface area contributed by atoms with Crippen molar-refractivity contribution >= 4 is 17.7 Å². The number of nitrogens with one attached hydrogen (secondary N) is 2. The molecule has 4 unspecified atom stereocenters. The molecule has 6 N–H and O–H groups in total. The predicted molar refractivity (Wildman–Crippen MR) is 111 cm³/mol. The molecule has 0 radical (unpaired) electrons. The fraction of sp³-hybridized carbons (Fsp3) is 0.429. The molecule has 2 fully saturated rings. The van der Waals surface area contributed by atoms with Gasteiger partial charge in [-0.15, -0.1) is 0 Å². The van der Waals surface area contributed by atoms with Gasteiger partial charge in [0.1, 0.15) is 0 Å². The number of piperazine rings is 1. The van der Waals surface area contributed by atoms with Gasteiger partial charge in [0, 0.05) is 49.8 Å². The summed E-state index contributed by atoms with van der Waals surface area (Å²) in [7, 11) is 1.58. The highest BCUT2D eigenvalue weighted by molar-refractivity contribution is 6.25. The Labute approximate surface area is 183 Å². The number of ether oxygens (including phenoxy) is 1. The van der Waals surface area contributed by atoms with Crippen LogP contribution in [0.3, 0.4) is 0 Å². The molecule has 1 aromatic rings. The first-order valence-corrected chi connectivity index (χ1v) is 10.1. The van der Waals surface area contributed by atoms with Crippen molar-refractivity contribution in [2.24, 2.45) is 11.7 Å². The fourth-order valence-electron chi connectivity index (χ4n) is 5.05. The van der Waals surface area contributed by atoms with Crippen LogP contribution in [-0.2, 0) is 20.9 Å². The molecule has 0 bridgehead atoms. The number of hydrogen-bond donors (Lipinski definition) is 5. The highest BCUT2D eigenvalue weighted by atomic mass is 16.5. The smallest absolute Gasteiger partial charge is 0.402 e. The molecule has 4 heterocycles. The number of carbonyl (C=O) groups excluding carboxylic acids is 2. The Morgan fingerprint density at radius 1 is 1.44 bits per heavy atom. The van der Waals surface area contributed by atoms with E-state index in [4.69, 9.17) is 14.6 Å². The van der Waals surface area contributed by atoms with Crippen LogP contribution in [-0.4, -0.2) is 75.8 Å². The molecular formula is C21H25N5O6. The second-order valence-corrected chi connectivity index (χ2v) is 8.03. The number of primary amides is 1. The number of hydrogen-bond acceptors (Lipinski definition) is 9. The van der Waals surface area contributed by atoms with Crippen molar-refractivity contribution in [3.63, 3.8) is 0 Å². The molecule has 4 atom stereocenters. The average Bonchev–Trinajstić information content (AvgIpc) is 3.37. The molecule has 4 aliphatic rings. The third-order valence-corrected chi connectivity index (χ3v) is 6.41. The van der Waals surface area contributed by atoms with E-state index in [1.54, 1.807) is 26.4 Å². The number of aliphatic hydroxyl groups is 1. The number of carbonyl (C=O) groups is 3. The van der Waals surface area contributed by atoms with Gasteiger partial charge >= 0.3 is 6.09 Å². The average molecular weight is 443 g/mol. The number of rotatable bonds is 5. The van der Waals surface area contributed by atoms with E-state index in [2.05, 4.69) is 21.4 Å². The van der Waals surface area contributed by atoms with Gasteiger partial charge in [0.15, 0.2) is 5.72 Å². The van der Waals surface area contributed by atoms with Gasteiger partial charge in [0.05, 0.1) is 30.0 Å². The third-order valence-electron chi connectivity index (χ3n) is 6.41. The monoisotopic (exact) mass is 443 g/mol. The second-order valence-electron chi connectivity index (χ2n) is 8.03. The van der Waals surface area contributed by atoms with E-state index in [9.17, 15) is 14.7 Å². The van der Waals surface area contributed by atoms with Crippen molar-refractivity contribution in [1.29, 1.82) is 0 Å². The summed E-state index contributed by atoms with van der Waals surface area (Å²) in [6.07, 6.45) is 2.06. The van der Waals surface area contributed by atoms with Crippen molar-refractivity contribution in [1.82, 2.24) is 20.5 Å². The molecule has 3 aliphatic heterocycles. The summed E-state index contributed by atoms with van der Waals surface area (Å²) in [5, 5.41) is 23.8. The maximum atomic E-state index is 13.4. The molecule has 0 spiro atoms. The lowest BCUT2D eigenvalue weighted by Gasteiger charge is -2.39. The number of carboxylic acid groups (broad SMARTS) is 1. The first-order valence-electron chi connectivity index (χ1n) is 10.1. The van der Waals surface area contributed by atoms with Crippen molar-refractivity contribution in [3.05, 3.63) is 52.6 Å². The van der Waals surface area contributed by atoms with E-state index in [1.807, 2.05) is 17.0 Å². The third kappa shape index (κ3) is 3.17. The molecule has 11 nitrogen and oxygen atoms in total. The van der Waals surface area contributed by atoms with Crippen molar-refractivity contribution in [2.75, 3.05) is 20.3 Å². The first kappa shape index (κ1) is 21.9. The van der Waals surface area contributed by atoms with E-state index >= 15 is 0 Å². The zero-order chi connectivity index (χ0) is 23.2. The summed E-state index contributed by atoms with van der Waals surface area (Å²) < 4.78 is 5.88. The molecule has 5 rings (SSSR count). The minimum absolute atomic E-state index is 0.00737. The summed E-state index contributed by atoms with van der Waals surface area (Å²) in [6, 6.07) is 3.95. The maximum Gasteiger partial charge on any atom is 0.402 e. The Morgan fingerprint density at radius 3 is 2.75 bits per heavy atom. The van der Waals surface area contributed by atoms with Crippen LogP contribution >= 0.6 is 0 Å². The van der Waals surface area contributed by atoms with Gasteiger partial charge in [0.2, 0.25) is 11.6 Å². The molecular weight excluding hydrogens is 418 g/mol. The number of aliphatic hydroxyl groups excluding tert-OH is 1. The fourth-order valence-corrected chi connectivity index (χ4v) is 5.05. The van der Waals surface area contributed by atoms with Crippen molar-refractivity contribution < 1.29 is 29.3 Å². The maximum absolute atomic E-state index is 13.4. The molecule has 170 valence electrons. The van der Waals surface area contributed by atoms with Crippen LogP contribution in [0.15, 0.2) is 47.1 Å². The molecule has 1 aromatic heterocycles. The SMILES string of the molecule is COC12C(CO)C3=C(C(=O)C(C)=C(NCc4cccnc4)C3=O)N1CC1NC12.NC(=O)O. The summed E-state index contributed by atoms with van der Waals surface area (Å²) in [5.41, 5.74) is 5.50. The van der Waals surface area contributed by atoms with Gasteiger partial charge in [-0.1, -0.05) is 6.07 Å². The van der Waals surface area contributed by atoms with E-state index in [1.165, 1.54) is 0 Å². The predicted octanol–water partition coefficient (Wildman–Crippen LogP) is -0.905. The number of ketones is 2. The van der Waals surface area contributed by atoms with Gasteiger partial charge in [-0.2, -0.15) is 0 Å². The molecule has 11 heteroatoms. The number of aromatic nitrogens is 1. The van der Waals surface area contributed by atoms with Gasteiger partial charge < -0.3 is 36.2 Å². The van der Waals surface area contributed by atoms with E-state index < -0.39 is 17.7 Å². The van der Waals surface area contributed by atoms with Gasteiger partial charge in [-0.05, 0) is 18.6 Å². The Bertz CT molecular complexity index is 1030. The number of nitrogens with two attached hydrogens (primary N) is 1. The number of Topliss-reactive ketones (excluding diaryl/α,β-unsaturated/α-hetero) is 2. The number of amides is 1. The number of nitrogens with zero attached hydrogens (tertiary/aromatic N) is 2. The quantitative estimate of drug-likeness (QED) is 0.283. The van der Waals surface area contributed by atoms with Crippen LogP contribution in [0.1, 0.15) is 12.5 Å². The first-order chi connectivity index (χ1) is 15.3. The Kier molecular flexibility index (Phi) is 5.49. The largest absolute Gasteiger partial charge is 0.465 e. The van der Waals surface area contributed by atoms with Crippen molar-refractivity contribution in [2.45, 2.75) is 31.3 Å². The van der Waals surface area contributed by atoms with Gasteiger partial charge in [-0.25, -0.2) is 4.79 Å². The molecule has 2 saturated heterocycles. The summed E-state index contributed by atoms with van der Waals surface area (Å²) in [4.78, 5) is 41.4. The van der Waals surface area contributed by atoms with Crippen LogP contribution < -0.4 is 16.4 Å². The number of pyridine rings is 1. The van der Waals surface area contributed by atoms with Crippen LogP contribution in [0.4, 0.5) is 4.79 Å². The summed E-state index contributed by atoms with van der Waals surface area (Å²) in [6.45, 7) is 2.39. The summed E-state index contributed by atoms with van der Waals surface area (Å²) in [5.74, 6) is -0.989. The normalized spacial score (nSPS) is 29.8. The standard InChI is InChI=1S/C20H22N4O4.CH3NO2/c1-10-15(22-7-11-4-3-5-21-6-11)18(27)14-12(9-25)20(28-2)19-13(23-19)8-24(20)16(14)17(10)26;2-1(3)4/h3-6,12-13,19,22-23,25H,7-9H2,1-2H3;2H2,(H,3,4). The molecule has 1 amide bonds. The zero-order valence-electron chi connectivity index (χ0n) is 17.7. The summed E-state index contributed by atoms with van der Waals surface area (Å²) >= 11 is 0.